The predicted molar refractivity (Wildman–Crippen MR) is 69.7 cm³/mol. The normalized spacial score (nSPS) is 19.5. The van der Waals surface area contributed by atoms with E-state index in [-0.39, 0.29) is 10.9 Å². The molecule has 0 amide bonds. The molecule has 1 atom stereocenters. The molecule has 1 fully saturated rings. The molecule has 7 heteroatoms. The van der Waals surface area contributed by atoms with Crippen LogP contribution in [-0.4, -0.2) is 45.3 Å². The van der Waals surface area contributed by atoms with Gasteiger partial charge in [0.15, 0.2) is 9.84 Å². The third kappa shape index (κ3) is 2.70. The van der Waals surface area contributed by atoms with E-state index < -0.39 is 15.9 Å². The summed E-state index contributed by atoms with van der Waals surface area (Å²) < 4.78 is 28.3. The predicted octanol–water partition coefficient (Wildman–Crippen LogP) is 0.627. The highest BCUT2D eigenvalue weighted by Crippen LogP contribution is 2.29. The Hall–Kier alpha value is -1.63. The van der Waals surface area contributed by atoms with Crippen LogP contribution < -0.4 is 4.90 Å². The molecule has 1 aliphatic heterocycles. The van der Waals surface area contributed by atoms with Gasteiger partial charge >= 0.3 is 5.97 Å². The van der Waals surface area contributed by atoms with E-state index in [4.69, 9.17) is 4.74 Å². The molecular weight excluding hydrogens is 268 g/mol. The average molecular weight is 284 g/mol. The van der Waals surface area contributed by atoms with Gasteiger partial charge in [-0.15, -0.1) is 0 Å². The maximum Gasteiger partial charge on any atom is 0.328 e. The fraction of sp³-hybridized carbons (Fsp3) is 0.500. The molecule has 2 rings (SSSR count). The van der Waals surface area contributed by atoms with Gasteiger partial charge in [0.2, 0.25) is 0 Å². The van der Waals surface area contributed by atoms with Gasteiger partial charge in [0.05, 0.1) is 7.11 Å². The Morgan fingerprint density at radius 3 is 2.89 bits per heavy atom. The molecule has 6 nitrogen and oxygen atoms in total. The van der Waals surface area contributed by atoms with Gasteiger partial charge < -0.3 is 9.64 Å². The van der Waals surface area contributed by atoms with Gasteiger partial charge in [0.25, 0.3) is 0 Å². The number of rotatable bonds is 3. The number of hydrogen-bond donors (Lipinski definition) is 0. The first-order chi connectivity index (χ1) is 8.95. The van der Waals surface area contributed by atoms with Crippen molar-refractivity contribution in [2.75, 3.05) is 24.8 Å². The fourth-order valence-corrected chi connectivity index (χ4v) is 3.12. The smallest absolute Gasteiger partial charge is 0.328 e. The van der Waals surface area contributed by atoms with E-state index in [2.05, 4.69) is 4.98 Å². The van der Waals surface area contributed by atoms with E-state index >= 15 is 0 Å². The van der Waals surface area contributed by atoms with Crippen molar-refractivity contribution < 1.29 is 17.9 Å². The molecule has 1 aliphatic rings. The number of pyridine rings is 1. The van der Waals surface area contributed by atoms with E-state index in [1.54, 1.807) is 11.0 Å². The Morgan fingerprint density at radius 2 is 2.26 bits per heavy atom. The van der Waals surface area contributed by atoms with Crippen LogP contribution in [0.2, 0.25) is 0 Å². The molecule has 1 unspecified atom stereocenters. The van der Waals surface area contributed by atoms with Crippen LogP contribution in [0.15, 0.2) is 23.2 Å². The zero-order valence-electron chi connectivity index (χ0n) is 10.9. The van der Waals surface area contributed by atoms with Crippen LogP contribution in [0.4, 0.5) is 5.82 Å². The quantitative estimate of drug-likeness (QED) is 0.758. The van der Waals surface area contributed by atoms with Crippen molar-refractivity contribution in [1.29, 1.82) is 0 Å². The lowest BCUT2D eigenvalue weighted by atomic mass is 10.2. The standard InChI is InChI=1S/C12H16N2O4S/c1-18-12(15)9-5-4-8-14(9)11-10(19(2,16)17)6-3-7-13-11/h3,6-7,9H,4-5,8H2,1-2H3. The number of carbonyl (C=O) groups excluding carboxylic acids is 1. The first kappa shape index (κ1) is 13.8. The van der Waals surface area contributed by atoms with Crippen molar-refractivity contribution >= 4 is 21.6 Å². The molecule has 1 aromatic rings. The van der Waals surface area contributed by atoms with Crippen molar-refractivity contribution in [2.24, 2.45) is 0 Å². The minimum atomic E-state index is -3.38. The zero-order chi connectivity index (χ0) is 14.0. The molecule has 2 heterocycles. The molecule has 1 aromatic heterocycles. The first-order valence-corrected chi connectivity index (χ1v) is 7.84. The van der Waals surface area contributed by atoms with Gasteiger partial charge in [-0.1, -0.05) is 0 Å². The highest BCUT2D eigenvalue weighted by Gasteiger charge is 2.34. The summed E-state index contributed by atoms with van der Waals surface area (Å²) in [5.41, 5.74) is 0. The molecule has 0 aromatic carbocycles. The Morgan fingerprint density at radius 1 is 1.53 bits per heavy atom. The van der Waals surface area contributed by atoms with E-state index in [1.165, 1.54) is 19.4 Å². The lowest BCUT2D eigenvalue weighted by molar-refractivity contribution is -0.141. The van der Waals surface area contributed by atoms with Crippen LogP contribution in [0.3, 0.4) is 0 Å². The summed E-state index contributed by atoms with van der Waals surface area (Å²) in [7, 11) is -2.05. The number of sulfone groups is 1. The second kappa shape index (κ2) is 5.16. The van der Waals surface area contributed by atoms with E-state index in [0.717, 1.165) is 12.7 Å². The number of methoxy groups -OCH3 is 1. The van der Waals surface area contributed by atoms with Crippen molar-refractivity contribution in [3.63, 3.8) is 0 Å². The van der Waals surface area contributed by atoms with Crippen LogP contribution in [0.5, 0.6) is 0 Å². The molecule has 0 bridgehead atoms. The number of esters is 1. The van der Waals surface area contributed by atoms with Gasteiger partial charge in [-0.05, 0) is 25.0 Å². The highest BCUT2D eigenvalue weighted by atomic mass is 32.2. The van der Waals surface area contributed by atoms with Crippen LogP contribution in [0.25, 0.3) is 0 Å². The van der Waals surface area contributed by atoms with Crippen LogP contribution >= 0.6 is 0 Å². The molecule has 0 aliphatic carbocycles. The number of anilines is 1. The van der Waals surface area contributed by atoms with Crippen molar-refractivity contribution in [1.82, 2.24) is 4.98 Å². The second-order valence-electron chi connectivity index (χ2n) is 4.47. The molecule has 1 saturated heterocycles. The number of ether oxygens (including phenoxy) is 1. The summed E-state index contributed by atoms with van der Waals surface area (Å²) in [6.45, 7) is 0.597. The summed E-state index contributed by atoms with van der Waals surface area (Å²) in [6, 6.07) is 2.62. The lowest BCUT2D eigenvalue weighted by Crippen LogP contribution is -2.38. The molecular formula is C12H16N2O4S. The lowest BCUT2D eigenvalue weighted by Gasteiger charge is -2.25. The molecule has 0 N–H and O–H groups in total. The van der Waals surface area contributed by atoms with E-state index in [9.17, 15) is 13.2 Å². The summed E-state index contributed by atoms with van der Waals surface area (Å²) in [5, 5.41) is 0. The van der Waals surface area contributed by atoms with Gasteiger partial charge in [-0.25, -0.2) is 18.2 Å². The number of nitrogens with zero attached hydrogens (tertiary/aromatic N) is 2. The molecule has 19 heavy (non-hydrogen) atoms. The van der Waals surface area contributed by atoms with Crippen LogP contribution in [0, 0.1) is 0 Å². The summed E-state index contributed by atoms with van der Waals surface area (Å²) in [6.07, 6.45) is 4.11. The summed E-state index contributed by atoms with van der Waals surface area (Å²) in [5.74, 6) is -0.0273. The van der Waals surface area contributed by atoms with Crippen molar-refractivity contribution in [3.05, 3.63) is 18.3 Å². The number of hydrogen-bond acceptors (Lipinski definition) is 6. The van der Waals surface area contributed by atoms with Crippen molar-refractivity contribution in [3.8, 4) is 0 Å². The summed E-state index contributed by atoms with van der Waals surface area (Å²) >= 11 is 0. The third-order valence-electron chi connectivity index (χ3n) is 3.15. The van der Waals surface area contributed by atoms with E-state index in [1.807, 2.05) is 0 Å². The zero-order valence-corrected chi connectivity index (χ0v) is 11.7. The van der Waals surface area contributed by atoms with Gasteiger partial charge in [0, 0.05) is 19.0 Å². The van der Waals surface area contributed by atoms with Gasteiger partial charge in [0.1, 0.15) is 16.8 Å². The Bertz CT molecular complexity index is 585. The minimum absolute atomic E-state index is 0.144. The molecule has 104 valence electrons. The van der Waals surface area contributed by atoms with Crippen LogP contribution in [0.1, 0.15) is 12.8 Å². The van der Waals surface area contributed by atoms with E-state index in [0.29, 0.717) is 18.8 Å². The SMILES string of the molecule is COC(=O)C1CCCN1c1ncccc1S(C)(=O)=O. The maximum atomic E-state index is 11.8. The van der Waals surface area contributed by atoms with Crippen molar-refractivity contribution in [2.45, 2.75) is 23.8 Å². The topological polar surface area (TPSA) is 76.6 Å². The average Bonchev–Trinajstić information content (AvgIpc) is 2.86. The Balaban J connectivity index is 2.45. The third-order valence-corrected chi connectivity index (χ3v) is 4.27. The molecule has 0 spiro atoms. The van der Waals surface area contributed by atoms with Crippen LogP contribution in [-0.2, 0) is 19.4 Å². The minimum Gasteiger partial charge on any atom is -0.467 e. The molecule has 0 saturated carbocycles. The molecule has 0 radical (unpaired) electrons. The maximum absolute atomic E-state index is 11.8. The number of aromatic nitrogens is 1. The summed E-state index contributed by atoms with van der Waals surface area (Å²) in [4.78, 5) is 17.7. The second-order valence-corrected chi connectivity index (χ2v) is 6.46. The Kier molecular flexibility index (Phi) is 3.75. The Labute approximate surface area is 112 Å². The highest BCUT2D eigenvalue weighted by molar-refractivity contribution is 7.90. The fourth-order valence-electron chi connectivity index (χ4n) is 2.29. The largest absolute Gasteiger partial charge is 0.467 e. The first-order valence-electron chi connectivity index (χ1n) is 5.94. The monoisotopic (exact) mass is 284 g/mol. The van der Waals surface area contributed by atoms with Gasteiger partial charge in [-0.3, -0.25) is 0 Å². The number of carbonyl (C=O) groups is 1. The van der Waals surface area contributed by atoms with Gasteiger partial charge in [-0.2, -0.15) is 0 Å².